The summed E-state index contributed by atoms with van der Waals surface area (Å²) in [5, 5.41) is 2.60. The van der Waals surface area contributed by atoms with Gasteiger partial charge in [-0.2, -0.15) is 0 Å². The number of pyridine rings is 1. The molecule has 0 unspecified atom stereocenters. The second kappa shape index (κ2) is 4.49. The molecule has 1 aromatic rings. The highest BCUT2D eigenvalue weighted by atomic mass is 16.1. The first-order valence-corrected chi connectivity index (χ1v) is 3.91. The summed E-state index contributed by atoms with van der Waals surface area (Å²) in [5.74, 6) is 0. The molecule has 0 bridgehead atoms. The van der Waals surface area contributed by atoms with Crippen LogP contribution in [0.15, 0.2) is 18.3 Å². The van der Waals surface area contributed by atoms with E-state index in [0.29, 0.717) is 13.0 Å². The van der Waals surface area contributed by atoms with E-state index in [1.165, 1.54) is 0 Å². The van der Waals surface area contributed by atoms with Crippen molar-refractivity contribution in [2.75, 3.05) is 6.54 Å². The van der Waals surface area contributed by atoms with Crippen molar-refractivity contribution in [2.24, 2.45) is 0 Å². The first-order chi connectivity index (χ1) is 5.83. The maximum atomic E-state index is 9.92. The van der Waals surface area contributed by atoms with Crippen molar-refractivity contribution in [2.45, 2.75) is 13.3 Å². The first kappa shape index (κ1) is 8.71. The van der Waals surface area contributed by atoms with Gasteiger partial charge in [-0.15, -0.1) is 0 Å². The molecular formula is C9H12N2O. The van der Waals surface area contributed by atoms with Crippen molar-refractivity contribution >= 4 is 6.41 Å². The van der Waals surface area contributed by atoms with E-state index in [4.69, 9.17) is 0 Å². The molecule has 3 nitrogen and oxygen atoms in total. The lowest BCUT2D eigenvalue weighted by atomic mass is 10.2. The topological polar surface area (TPSA) is 42.0 Å². The molecule has 0 saturated carbocycles. The predicted octanol–water partition coefficient (Wildman–Crippen LogP) is 0.679. The number of aromatic nitrogens is 1. The summed E-state index contributed by atoms with van der Waals surface area (Å²) in [6.07, 6.45) is 3.38. The van der Waals surface area contributed by atoms with Crippen LogP contribution in [0.1, 0.15) is 11.3 Å². The highest BCUT2D eigenvalue weighted by Crippen LogP contribution is 1.98. The number of aryl methyl sites for hydroxylation is 1. The fourth-order valence-corrected chi connectivity index (χ4v) is 0.922. The van der Waals surface area contributed by atoms with Crippen LogP contribution in [-0.2, 0) is 11.2 Å². The Balaban J connectivity index is 2.42. The summed E-state index contributed by atoms with van der Waals surface area (Å²) in [6, 6.07) is 3.99. The van der Waals surface area contributed by atoms with Crippen LogP contribution >= 0.6 is 0 Å². The second-order valence-electron chi connectivity index (χ2n) is 2.63. The summed E-state index contributed by atoms with van der Waals surface area (Å²) in [4.78, 5) is 14.1. The number of nitrogens with one attached hydrogen (secondary N) is 1. The van der Waals surface area contributed by atoms with Gasteiger partial charge in [0.2, 0.25) is 6.41 Å². The van der Waals surface area contributed by atoms with E-state index >= 15 is 0 Å². The Labute approximate surface area is 71.8 Å². The Kier molecular flexibility index (Phi) is 3.26. The van der Waals surface area contributed by atoms with Crippen molar-refractivity contribution in [3.8, 4) is 0 Å². The Morgan fingerprint density at radius 3 is 3.00 bits per heavy atom. The lowest BCUT2D eigenvalue weighted by Gasteiger charge is -1.99. The second-order valence-corrected chi connectivity index (χ2v) is 2.63. The third kappa shape index (κ3) is 2.70. The Bertz CT molecular complexity index is 243. The summed E-state index contributed by atoms with van der Waals surface area (Å²) in [5.41, 5.74) is 2.16. The SMILES string of the molecule is Cc1ccc(CCNC=O)cn1. The van der Waals surface area contributed by atoms with E-state index in [2.05, 4.69) is 10.3 Å². The molecule has 0 aliphatic heterocycles. The van der Waals surface area contributed by atoms with E-state index in [9.17, 15) is 4.79 Å². The van der Waals surface area contributed by atoms with Gasteiger partial charge >= 0.3 is 0 Å². The van der Waals surface area contributed by atoms with Gasteiger partial charge in [0.25, 0.3) is 0 Å². The molecule has 64 valence electrons. The third-order valence-electron chi connectivity index (χ3n) is 1.61. The molecule has 0 spiro atoms. The maximum absolute atomic E-state index is 9.92. The zero-order valence-corrected chi connectivity index (χ0v) is 7.08. The van der Waals surface area contributed by atoms with Crippen molar-refractivity contribution in [1.29, 1.82) is 0 Å². The minimum atomic E-state index is 0.675. The van der Waals surface area contributed by atoms with E-state index in [-0.39, 0.29) is 0 Å². The summed E-state index contributed by atoms with van der Waals surface area (Å²) >= 11 is 0. The van der Waals surface area contributed by atoms with Gasteiger partial charge < -0.3 is 5.32 Å². The van der Waals surface area contributed by atoms with Gasteiger partial charge in [0.05, 0.1) is 0 Å². The van der Waals surface area contributed by atoms with Crippen LogP contribution in [0.4, 0.5) is 0 Å². The molecule has 0 saturated heterocycles. The van der Waals surface area contributed by atoms with Gasteiger partial charge in [0.1, 0.15) is 0 Å². The normalized spacial score (nSPS) is 9.42. The Morgan fingerprint density at radius 2 is 2.42 bits per heavy atom. The summed E-state index contributed by atoms with van der Waals surface area (Å²) < 4.78 is 0. The zero-order chi connectivity index (χ0) is 8.81. The van der Waals surface area contributed by atoms with Crippen LogP contribution < -0.4 is 5.32 Å². The number of carbonyl (C=O) groups excluding carboxylic acids is 1. The van der Waals surface area contributed by atoms with Crippen molar-refractivity contribution in [3.63, 3.8) is 0 Å². The average Bonchev–Trinajstić information content (AvgIpc) is 2.09. The molecule has 1 amide bonds. The standard InChI is InChI=1S/C9H12N2O/c1-8-2-3-9(6-11-8)4-5-10-7-12/h2-3,6-7H,4-5H2,1H3,(H,10,12). The largest absolute Gasteiger partial charge is 0.358 e. The molecule has 0 radical (unpaired) electrons. The average molecular weight is 164 g/mol. The van der Waals surface area contributed by atoms with Crippen LogP contribution in [0, 0.1) is 6.92 Å². The molecular weight excluding hydrogens is 152 g/mol. The van der Waals surface area contributed by atoms with Crippen LogP contribution in [0.2, 0.25) is 0 Å². The van der Waals surface area contributed by atoms with Crippen molar-refractivity contribution < 1.29 is 4.79 Å². The quantitative estimate of drug-likeness (QED) is 0.525. The zero-order valence-electron chi connectivity index (χ0n) is 7.08. The number of rotatable bonds is 4. The fourth-order valence-electron chi connectivity index (χ4n) is 0.922. The number of hydrogen-bond donors (Lipinski definition) is 1. The van der Waals surface area contributed by atoms with Gasteiger partial charge in [-0.3, -0.25) is 9.78 Å². The number of carbonyl (C=O) groups is 1. The number of hydrogen-bond acceptors (Lipinski definition) is 2. The lowest BCUT2D eigenvalue weighted by molar-refractivity contribution is -0.109. The van der Waals surface area contributed by atoms with Gasteiger partial charge in [0, 0.05) is 18.4 Å². The molecule has 0 fully saturated rings. The van der Waals surface area contributed by atoms with Crippen LogP contribution in [-0.4, -0.2) is 17.9 Å². The molecule has 3 heteroatoms. The highest BCUT2D eigenvalue weighted by molar-refractivity contribution is 5.45. The van der Waals surface area contributed by atoms with Gasteiger partial charge in [-0.05, 0) is 25.0 Å². The van der Waals surface area contributed by atoms with E-state index < -0.39 is 0 Å². The molecule has 0 aromatic carbocycles. The number of nitrogens with zero attached hydrogens (tertiary/aromatic N) is 1. The van der Waals surface area contributed by atoms with Crippen molar-refractivity contribution in [3.05, 3.63) is 29.6 Å². The number of amides is 1. The summed E-state index contributed by atoms with van der Waals surface area (Å²) in [7, 11) is 0. The molecule has 12 heavy (non-hydrogen) atoms. The Morgan fingerprint density at radius 1 is 1.58 bits per heavy atom. The summed E-state index contributed by atoms with van der Waals surface area (Å²) in [6.45, 7) is 2.63. The highest BCUT2D eigenvalue weighted by Gasteiger charge is 1.91. The molecule has 1 N–H and O–H groups in total. The van der Waals surface area contributed by atoms with Gasteiger partial charge in [0.15, 0.2) is 0 Å². The third-order valence-corrected chi connectivity index (χ3v) is 1.61. The van der Waals surface area contributed by atoms with E-state index in [1.54, 1.807) is 0 Å². The fraction of sp³-hybridized carbons (Fsp3) is 0.333. The van der Waals surface area contributed by atoms with E-state index in [1.807, 2.05) is 25.3 Å². The molecule has 0 aliphatic rings. The Hall–Kier alpha value is -1.38. The predicted molar refractivity (Wildman–Crippen MR) is 46.7 cm³/mol. The minimum Gasteiger partial charge on any atom is -0.358 e. The maximum Gasteiger partial charge on any atom is 0.207 e. The molecule has 0 atom stereocenters. The molecule has 1 heterocycles. The van der Waals surface area contributed by atoms with Gasteiger partial charge in [-0.25, -0.2) is 0 Å². The van der Waals surface area contributed by atoms with Crippen molar-refractivity contribution in [1.82, 2.24) is 10.3 Å². The molecule has 1 aromatic heterocycles. The molecule has 1 rings (SSSR count). The van der Waals surface area contributed by atoms with Crippen LogP contribution in [0.5, 0.6) is 0 Å². The van der Waals surface area contributed by atoms with Crippen LogP contribution in [0.3, 0.4) is 0 Å². The smallest absolute Gasteiger partial charge is 0.207 e. The van der Waals surface area contributed by atoms with Gasteiger partial charge in [-0.1, -0.05) is 6.07 Å². The first-order valence-electron chi connectivity index (χ1n) is 3.91. The van der Waals surface area contributed by atoms with E-state index in [0.717, 1.165) is 17.7 Å². The lowest BCUT2D eigenvalue weighted by Crippen LogP contribution is -2.14. The van der Waals surface area contributed by atoms with Crippen LogP contribution in [0.25, 0.3) is 0 Å². The monoisotopic (exact) mass is 164 g/mol. The minimum absolute atomic E-state index is 0.675. The molecule has 0 aliphatic carbocycles.